The van der Waals surface area contributed by atoms with Gasteiger partial charge in [-0.05, 0) is 49.1 Å². The number of ether oxygens (including phenoxy) is 1. The van der Waals surface area contributed by atoms with Gasteiger partial charge < -0.3 is 14.2 Å². The van der Waals surface area contributed by atoms with E-state index in [9.17, 15) is 9.18 Å². The summed E-state index contributed by atoms with van der Waals surface area (Å²) in [6.07, 6.45) is 6.79. The van der Waals surface area contributed by atoms with Crippen LogP contribution in [0.5, 0.6) is 0 Å². The number of aromatic nitrogens is 1. The predicted molar refractivity (Wildman–Crippen MR) is 115 cm³/mol. The molecule has 2 rings (SSSR count). The van der Waals surface area contributed by atoms with Crippen LogP contribution in [-0.2, 0) is 22.6 Å². The van der Waals surface area contributed by atoms with Crippen LogP contribution in [0.15, 0.2) is 42.6 Å². The molecule has 0 N–H and O–H groups in total. The Kier molecular flexibility index (Phi) is 9.92. The molecular formula is C24H35FN2O2. The molecule has 1 amide bonds. The first-order valence-electron chi connectivity index (χ1n) is 10.7. The molecule has 0 aliphatic rings. The molecule has 2 aromatic rings. The van der Waals surface area contributed by atoms with Gasteiger partial charge in [0, 0.05) is 44.6 Å². The minimum Gasteiger partial charge on any atom is -0.385 e. The molecule has 160 valence electrons. The zero-order valence-corrected chi connectivity index (χ0v) is 18.1. The van der Waals surface area contributed by atoms with Crippen molar-refractivity contribution in [2.24, 2.45) is 5.92 Å². The lowest BCUT2D eigenvalue weighted by atomic mass is 9.97. The molecule has 0 radical (unpaired) electrons. The van der Waals surface area contributed by atoms with Crippen LogP contribution >= 0.6 is 0 Å². The Labute approximate surface area is 174 Å². The van der Waals surface area contributed by atoms with Gasteiger partial charge >= 0.3 is 0 Å². The van der Waals surface area contributed by atoms with Crippen LogP contribution < -0.4 is 0 Å². The van der Waals surface area contributed by atoms with Crippen LogP contribution in [-0.4, -0.2) is 35.6 Å². The fourth-order valence-electron chi connectivity index (χ4n) is 3.65. The number of amides is 1. The highest BCUT2D eigenvalue weighted by Crippen LogP contribution is 2.19. The Bertz CT molecular complexity index is 744. The monoisotopic (exact) mass is 402 g/mol. The third kappa shape index (κ3) is 7.32. The summed E-state index contributed by atoms with van der Waals surface area (Å²) in [5, 5.41) is 0. The summed E-state index contributed by atoms with van der Waals surface area (Å²) >= 11 is 0. The molecule has 1 unspecified atom stereocenters. The van der Waals surface area contributed by atoms with Gasteiger partial charge in [0.25, 0.3) is 0 Å². The van der Waals surface area contributed by atoms with Crippen LogP contribution in [0.4, 0.5) is 4.39 Å². The highest BCUT2D eigenvalue weighted by Gasteiger charge is 2.23. The van der Waals surface area contributed by atoms with Gasteiger partial charge in [0.1, 0.15) is 5.82 Å². The van der Waals surface area contributed by atoms with Crippen LogP contribution in [0.25, 0.3) is 0 Å². The number of unbranched alkanes of at least 4 members (excludes halogenated alkanes) is 1. The third-order valence-corrected chi connectivity index (χ3v) is 5.35. The summed E-state index contributed by atoms with van der Waals surface area (Å²) in [4.78, 5) is 15.2. The molecular weight excluding hydrogens is 367 g/mol. The van der Waals surface area contributed by atoms with Crippen molar-refractivity contribution in [2.75, 3.05) is 20.3 Å². The third-order valence-electron chi connectivity index (χ3n) is 5.35. The highest BCUT2D eigenvalue weighted by molar-refractivity contribution is 5.78. The van der Waals surface area contributed by atoms with E-state index in [-0.39, 0.29) is 17.6 Å². The van der Waals surface area contributed by atoms with E-state index in [4.69, 9.17) is 4.74 Å². The zero-order chi connectivity index (χ0) is 21.1. The largest absolute Gasteiger partial charge is 0.385 e. The summed E-state index contributed by atoms with van der Waals surface area (Å²) in [7, 11) is 1.69. The average Bonchev–Trinajstić information content (AvgIpc) is 3.14. The van der Waals surface area contributed by atoms with Crippen molar-refractivity contribution in [3.05, 3.63) is 59.7 Å². The molecule has 1 atom stereocenters. The normalized spacial score (nSPS) is 12.1. The number of hydrogen-bond acceptors (Lipinski definition) is 2. The number of methoxy groups -OCH3 is 1. The van der Waals surface area contributed by atoms with Crippen molar-refractivity contribution in [1.29, 1.82) is 0 Å². The molecule has 0 aliphatic carbocycles. The second-order valence-electron chi connectivity index (χ2n) is 7.61. The molecule has 0 spiro atoms. The zero-order valence-electron chi connectivity index (χ0n) is 18.1. The number of halogens is 1. The highest BCUT2D eigenvalue weighted by atomic mass is 19.1. The molecule has 0 fully saturated rings. The van der Waals surface area contributed by atoms with Crippen LogP contribution in [0.2, 0.25) is 0 Å². The van der Waals surface area contributed by atoms with Crippen molar-refractivity contribution in [3.8, 4) is 0 Å². The number of nitrogens with zero attached hydrogens (tertiary/aromatic N) is 2. The number of hydrogen-bond donors (Lipinski definition) is 0. The van der Waals surface area contributed by atoms with E-state index in [0.717, 1.165) is 43.4 Å². The van der Waals surface area contributed by atoms with E-state index in [0.29, 0.717) is 26.2 Å². The van der Waals surface area contributed by atoms with E-state index in [1.54, 1.807) is 19.2 Å². The second-order valence-corrected chi connectivity index (χ2v) is 7.61. The van der Waals surface area contributed by atoms with Crippen LogP contribution in [0, 0.1) is 11.7 Å². The van der Waals surface area contributed by atoms with Crippen molar-refractivity contribution >= 4 is 5.91 Å². The lowest BCUT2D eigenvalue weighted by Gasteiger charge is -2.28. The summed E-state index contributed by atoms with van der Waals surface area (Å²) in [5.41, 5.74) is 1.97. The van der Waals surface area contributed by atoms with Gasteiger partial charge in [-0.2, -0.15) is 0 Å². The Balaban J connectivity index is 2.14. The van der Waals surface area contributed by atoms with Gasteiger partial charge in [0.15, 0.2) is 0 Å². The minimum atomic E-state index is -0.228. The van der Waals surface area contributed by atoms with Crippen molar-refractivity contribution in [3.63, 3.8) is 0 Å². The molecule has 0 saturated heterocycles. The summed E-state index contributed by atoms with van der Waals surface area (Å²) in [6.45, 7) is 6.73. The Morgan fingerprint density at radius 3 is 2.72 bits per heavy atom. The molecule has 0 saturated carbocycles. The first kappa shape index (κ1) is 23.1. The van der Waals surface area contributed by atoms with Crippen molar-refractivity contribution < 1.29 is 13.9 Å². The molecule has 5 heteroatoms. The summed E-state index contributed by atoms with van der Waals surface area (Å²) in [6, 6.07) is 10.7. The van der Waals surface area contributed by atoms with Gasteiger partial charge in [-0.1, -0.05) is 38.8 Å². The van der Waals surface area contributed by atoms with E-state index >= 15 is 0 Å². The smallest absolute Gasteiger partial charge is 0.226 e. The lowest BCUT2D eigenvalue weighted by Crippen LogP contribution is -2.37. The average molecular weight is 403 g/mol. The van der Waals surface area contributed by atoms with E-state index in [1.807, 2.05) is 29.3 Å². The molecule has 29 heavy (non-hydrogen) atoms. The predicted octanol–water partition coefficient (Wildman–Crippen LogP) is 5.26. The second kappa shape index (κ2) is 12.4. The molecule has 0 bridgehead atoms. The Hall–Kier alpha value is -2.14. The number of carbonyl (C=O) groups excluding carboxylic acids is 1. The van der Waals surface area contributed by atoms with Crippen LogP contribution in [0.3, 0.4) is 0 Å². The molecule has 4 nitrogen and oxygen atoms in total. The van der Waals surface area contributed by atoms with E-state index < -0.39 is 0 Å². The lowest BCUT2D eigenvalue weighted by molar-refractivity contribution is -0.136. The van der Waals surface area contributed by atoms with Crippen molar-refractivity contribution in [2.45, 2.75) is 59.0 Å². The van der Waals surface area contributed by atoms with Gasteiger partial charge in [-0.25, -0.2) is 4.39 Å². The molecule has 1 aromatic carbocycles. The first-order valence-corrected chi connectivity index (χ1v) is 10.7. The number of benzene rings is 1. The maximum absolute atomic E-state index is 13.5. The summed E-state index contributed by atoms with van der Waals surface area (Å²) in [5.74, 6) is 0.0778. The Morgan fingerprint density at radius 1 is 1.21 bits per heavy atom. The van der Waals surface area contributed by atoms with Crippen LogP contribution in [0.1, 0.15) is 57.2 Å². The first-order chi connectivity index (χ1) is 14.1. The topological polar surface area (TPSA) is 34.5 Å². The maximum Gasteiger partial charge on any atom is 0.226 e. The SMILES string of the molecule is CCCCC(CC)C(=O)N(CCCOC)Cc1cccn1Cc1cccc(F)c1. The van der Waals surface area contributed by atoms with Gasteiger partial charge in [-0.3, -0.25) is 4.79 Å². The number of rotatable bonds is 13. The molecule has 0 aliphatic heterocycles. The molecule has 1 heterocycles. The van der Waals surface area contributed by atoms with Gasteiger partial charge in [0.2, 0.25) is 5.91 Å². The van der Waals surface area contributed by atoms with E-state index in [1.165, 1.54) is 6.07 Å². The molecule has 1 aromatic heterocycles. The fraction of sp³-hybridized carbons (Fsp3) is 0.542. The standard InChI is InChI=1S/C24H35FN2O2/c1-4-6-11-21(5-2)24(28)27(15-9-16-29-3)19-23-13-8-14-26(23)18-20-10-7-12-22(25)17-20/h7-8,10,12-14,17,21H,4-6,9,11,15-16,18-19H2,1-3H3. The minimum absolute atomic E-state index is 0.0733. The number of carbonyl (C=O) groups is 1. The van der Waals surface area contributed by atoms with Gasteiger partial charge in [0.05, 0.1) is 6.54 Å². The quantitative estimate of drug-likeness (QED) is 0.429. The van der Waals surface area contributed by atoms with Gasteiger partial charge in [-0.15, -0.1) is 0 Å². The fourth-order valence-corrected chi connectivity index (χ4v) is 3.65. The Morgan fingerprint density at radius 2 is 2.03 bits per heavy atom. The van der Waals surface area contributed by atoms with E-state index in [2.05, 4.69) is 18.4 Å². The van der Waals surface area contributed by atoms with Crippen molar-refractivity contribution in [1.82, 2.24) is 9.47 Å². The summed E-state index contributed by atoms with van der Waals surface area (Å²) < 4.78 is 20.8. The maximum atomic E-state index is 13.5.